The van der Waals surface area contributed by atoms with Crippen molar-refractivity contribution in [2.45, 2.75) is 77.2 Å². The predicted octanol–water partition coefficient (Wildman–Crippen LogP) is 4.13. The lowest BCUT2D eigenvalue weighted by Gasteiger charge is -2.45. The molecule has 1 atom stereocenters. The molecule has 0 aromatic rings. The van der Waals surface area contributed by atoms with E-state index in [0.717, 1.165) is 11.8 Å². The Bertz CT molecular complexity index is 197. The van der Waals surface area contributed by atoms with E-state index < -0.39 is 0 Å². The van der Waals surface area contributed by atoms with Crippen LogP contribution in [0, 0.1) is 11.8 Å². The van der Waals surface area contributed by atoms with Gasteiger partial charge in [0.15, 0.2) is 0 Å². The van der Waals surface area contributed by atoms with Crippen LogP contribution in [0.2, 0.25) is 0 Å². The standard InChI is InChI=1S/C15H29N/c1-13(2)15(10-6-7-11-16-15)12-14-8-4-3-5-9-14/h13-14,16H,3-12H2,1-2H3. The zero-order valence-corrected chi connectivity index (χ0v) is 11.2. The molecule has 1 nitrogen and oxygen atoms in total. The number of piperidine rings is 1. The summed E-state index contributed by atoms with van der Waals surface area (Å²) in [6.07, 6.45) is 13.1. The van der Waals surface area contributed by atoms with Gasteiger partial charge in [0.2, 0.25) is 0 Å². The van der Waals surface area contributed by atoms with E-state index in [0.29, 0.717) is 5.54 Å². The van der Waals surface area contributed by atoms with Gasteiger partial charge in [-0.1, -0.05) is 52.4 Å². The van der Waals surface area contributed by atoms with Crippen LogP contribution in [0.4, 0.5) is 0 Å². The SMILES string of the molecule is CC(C)C1(CC2CCCCC2)CCCCN1. The highest BCUT2D eigenvalue weighted by Crippen LogP contribution is 2.38. The largest absolute Gasteiger partial charge is 0.311 e. The molecule has 0 aromatic heterocycles. The van der Waals surface area contributed by atoms with Crippen molar-refractivity contribution in [3.05, 3.63) is 0 Å². The van der Waals surface area contributed by atoms with E-state index in [1.54, 1.807) is 0 Å². The summed E-state index contributed by atoms with van der Waals surface area (Å²) in [7, 11) is 0. The van der Waals surface area contributed by atoms with Gasteiger partial charge >= 0.3 is 0 Å². The molecule has 2 aliphatic rings. The van der Waals surface area contributed by atoms with Gasteiger partial charge in [0, 0.05) is 5.54 Å². The van der Waals surface area contributed by atoms with Gasteiger partial charge < -0.3 is 5.32 Å². The molecule has 0 radical (unpaired) electrons. The molecule has 16 heavy (non-hydrogen) atoms. The third-order valence-electron chi connectivity index (χ3n) is 5.01. The molecular formula is C15H29N. The highest BCUT2D eigenvalue weighted by Gasteiger charge is 2.36. The summed E-state index contributed by atoms with van der Waals surface area (Å²) < 4.78 is 0. The van der Waals surface area contributed by atoms with Gasteiger partial charge in [0.1, 0.15) is 0 Å². The molecule has 1 N–H and O–H groups in total. The van der Waals surface area contributed by atoms with Crippen molar-refractivity contribution >= 4 is 0 Å². The van der Waals surface area contributed by atoms with E-state index in [-0.39, 0.29) is 0 Å². The minimum Gasteiger partial charge on any atom is -0.311 e. The van der Waals surface area contributed by atoms with Crippen LogP contribution in [-0.2, 0) is 0 Å². The van der Waals surface area contributed by atoms with Crippen molar-refractivity contribution in [1.82, 2.24) is 5.32 Å². The lowest BCUT2D eigenvalue weighted by molar-refractivity contribution is 0.129. The molecule has 0 aromatic carbocycles. The Morgan fingerprint density at radius 1 is 1.06 bits per heavy atom. The Balaban J connectivity index is 1.95. The number of hydrogen-bond donors (Lipinski definition) is 1. The van der Waals surface area contributed by atoms with Crippen LogP contribution < -0.4 is 5.32 Å². The first-order chi connectivity index (χ1) is 7.73. The molecule has 2 rings (SSSR count). The summed E-state index contributed by atoms with van der Waals surface area (Å²) in [5.41, 5.74) is 0.486. The van der Waals surface area contributed by atoms with Crippen molar-refractivity contribution in [2.75, 3.05) is 6.54 Å². The van der Waals surface area contributed by atoms with Gasteiger partial charge in [0.25, 0.3) is 0 Å². The van der Waals surface area contributed by atoms with E-state index in [1.807, 2.05) is 0 Å². The minimum atomic E-state index is 0.486. The molecule has 1 heteroatoms. The molecule has 2 fully saturated rings. The highest BCUT2D eigenvalue weighted by atomic mass is 15.0. The van der Waals surface area contributed by atoms with Crippen molar-refractivity contribution < 1.29 is 0 Å². The third kappa shape index (κ3) is 2.80. The maximum absolute atomic E-state index is 3.88. The highest BCUT2D eigenvalue weighted by molar-refractivity contribution is 4.95. The molecule has 1 unspecified atom stereocenters. The smallest absolute Gasteiger partial charge is 0.0207 e. The van der Waals surface area contributed by atoms with Crippen LogP contribution >= 0.6 is 0 Å². The fraction of sp³-hybridized carbons (Fsp3) is 1.00. The van der Waals surface area contributed by atoms with Crippen LogP contribution in [0.1, 0.15) is 71.6 Å². The van der Waals surface area contributed by atoms with Crippen LogP contribution in [0.15, 0.2) is 0 Å². The fourth-order valence-electron chi connectivity index (χ4n) is 3.80. The second-order valence-electron chi connectivity index (χ2n) is 6.40. The zero-order chi connectivity index (χ0) is 11.4. The minimum absolute atomic E-state index is 0.486. The maximum atomic E-state index is 3.88. The number of nitrogens with one attached hydrogen (secondary N) is 1. The molecule has 1 saturated heterocycles. The summed E-state index contributed by atoms with van der Waals surface area (Å²) in [5.74, 6) is 1.82. The number of hydrogen-bond acceptors (Lipinski definition) is 1. The van der Waals surface area contributed by atoms with Crippen LogP contribution in [0.3, 0.4) is 0 Å². The van der Waals surface area contributed by atoms with Crippen LogP contribution in [0.25, 0.3) is 0 Å². The van der Waals surface area contributed by atoms with Gasteiger partial charge in [0.05, 0.1) is 0 Å². The van der Waals surface area contributed by atoms with Crippen molar-refractivity contribution in [2.24, 2.45) is 11.8 Å². The average molecular weight is 223 g/mol. The van der Waals surface area contributed by atoms with Gasteiger partial charge in [-0.05, 0) is 37.6 Å². The summed E-state index contributed by atoms with van der Waals surface area (Å²) in [6, 6.07) is 0. The molecule has 1 aliphatic carbocycles. The Labute approximate surface area is 101 Å². The normalized spacial score (nSPS) is 33.2. The van der Waals surface area contributed by atoms with E-state index >= 15 is 0 Å². The van der Waals surface area contributed by atoms with E-state index in [4.69, 9.17) is 0 Å². The fourth-order valence-corrected chi connectivity index (χ4v) is 3.80. The topological polar surface area (TPSA) is 12.0 Å². The van der Waals surface area contributed by atoms with Crippen molar-refractivity contribution in [1.29, 1.82) is 0 Å². The summed E-state index contributed by atoms with van der Waals surface area (Å²) in [4.78, 5) is 0. The number of rotatable bonds is 3. The van der Waals surface area contributed by atoms with E-state index in [2.05, 4.69) is 19.2 Å². The first kappa shape index (κ1) is 12.4. The van der Waals surface area contributed by atoms with Crippen LogP contribution in [-0.4, -0.2) is 12.1 Å². The van der Waals surface area contributed by atoms with Gasteiger partial charge in [-0.3, -0.25) is 0 Å². The lowest BCUT2D eigenvalue weighted by Crippen LogP contribution is -2.53. The van der Waals surface area contributed by atoms with E-state index in [1.165, 1.54) is 64.3 Å². The molecule has 1 heterocycles. The van der Waals surface area contributed by atoms with Gasteiger partial charge in [-0.2, -0.15) is 0 Å². The summed E-state index contributed by atoms with van der Waals surface area (Å²) in [6.45, 7) is 6.09. The van der Waals surface area contributed by atoms with Crippen molar-refractivity contribution in [3.8, 4) is 0 Å². The predicted molar refractivity (Wildman–Crippen MR) is 70.6 cm³/mol. The Morgan fingerprint density at radius 3 is 2.38 bits per heavy atom. The third-order valence-corrected chi connectivity index (χ3v) is 5.01. The molecule has 0 spiro atoms. The summed E-state index contributed by atoms with van der Waals surface area (Å²) >= 11 is 0. The summed E-state index contributed by atoms with van der Waals surface area (Å²) in [5, 5.41) is 3.88. The molecule has 1 saturated carbocycles. The molecule has 0 amide bonds. The molecule has 94 valence electrons. The Hall–Kier alpha value is -0.0400. The Morgan fingerprint density at radius 2 is 1.81 bits per heavy atom. The van der Waals surface area contributed by atoms with Gasteiger partial charge in [-0.25, -0.2) is 0 Å². The van der Waals surface area contributed by atoms with Crippen LogP contribution in [0.5, 0.6) is 0 Å². The molecule has 0 bridgehead atoms. The monoisotopic (exact) mass is 223 g/mol. The molecular weight excluding hydrogens is 194 g/mol. The van der Waals surface area contributed by atoms with Gasteiger partial charge in [-0.15, -0.1) is 0 Å². The van der Waals surface area contributed by atoms with Crippen molar-refractivity contribution in [3.63, 3.8) is 0 Å². The lowest BCUT2D eigenvalue weighted by atomic mass is 9.71. The quantitative estimate of drug-likeness (QED) is 0.758. The first-order valence-corrected chi connectivity index (χ1v) is 7.48. The second kappa shape index (κ2) is 5.53. The Kier molecular flexibility index (Phi) is 4.29. The molecule has 1 aliphatic heterocycles. The second-order valence-corrected chi connectivity index (χ2v) is 6.40. The average Bonchev–Trinajstić information content (AvgIpc) is 2.31. The maximum Gasteiger partial charge on any atom is 0.0207 e. The first-order valence-electron chi connectivity index (χ1n) is 7.48. The zero-order valence-electron chi connectivity index (χ0n) is 11.2. The van der Waals surface area contributed by atoms with E-state index in [9.17, 15) is 0 Å².